The Hall–Kier alpha value is -0.720. The maximum absolute atomic E-state index is 10.6. The lowest BCUT2D eigenvalue weighted by Crippen LogP contribution is -2.53. The van der Waals surface area contributed by atoms with Gasteiger partial charge in [0, 0.05) is 76.7 Å². The monoisotopic (exact) mass is 510 g/mol. The van der Waals surface area contributed by atoms with Gasteiger partial charge in [-0.15, -0.1) is 24.0 Å². The minimum absolute atomic E-state index is 0. The number of nitrogens with zero attached hydrogens (tertiary/aromatic N) is 5. The molecule has 8 nitrogen and oxygen atoms in total. The predicted octanol–water partition coefficient (Wildman–Crippen LogP) is 1.35. The summed E-state index contributed by atoms with van der Waals surface area (Å²) in [6.45, 7) is 10.2. The molecule has 0 atom stereocenters. The quantitative estimate of drug-likeness (QED) is 0.352. The van der Waals surface area contributed by atoms with E-state index in [1.165, 1.54) is 11.5 Å². The second kappa shape index (κ2) is 10.7. The van der Waals surface area contributed by atoms with E-state index >= 15 is 0 Å². The van der Waals surface area contributed by atoms with E-state index in [9.17, 15) is 5.11 Å². The SMILES string of the molecule is CCNC(=NCC1(O)CCOCC1)N1CCN(c2nc(CC)ns2)CC1.I. The third kappa shape index (κ3) is 6.13. The van der Waals surface area contributed by atoms with Crippen LogP contribution in [0.1, 0.15) is 32.5 Å². The zero-order valence-corrected chi connectivity index (χ0v) is 19.3. The third-order valence-electron chi connectivity index (χ3n) is 4.90. The Balaban J connectivity index is 0.00000261. The van der Waals surface area contributed by atoms with Crippen molar-refractivity contribution in [2.75, 3.05) is 57.4 Å². The largest absolute Gasteiger partial charge is 0.388 e. The average Bonchev–Trinajstić information content (AvgIpc) is 3.15. The second-order valence-electron chi connectivity index (χ2n) is 6.83. The lowest BCUT2D eigenvalue weighted by Gasteiger charge is -2.37. The van der Waals surface area contributed by atoms with Crippen LogP contribution in [0.2, 0.25) is 0 Å². The van der Waals surface area contributed by atoms with Gasteiger partial charge in [0.1, 0.15) is 5.82 Å². The molecule has 3 heterocycles. The molecule has 27 heavy (non-hydrogen) atoms. The topological polar surface area (TPSA) is 86.1 Å². The van der Waals surface area contributed by atoms with Crippen molar-refractivity contribution in [3.8, 4) is 0 Å². The highest BCUT2D eigenvalue weighted by Gasteiger charge is 2.30. The van der Waals surface area contributed by atoms with E-state index in [2.05, 4.69) is 38.3 Å². The Bertz CT molecular complexity index is 600. The first-order valence-electron chi connectivity index (χ1n) is 9.54. The number of hydrogen-bond donors (Lipinski definition) is 2. The molecule has 1 aromatic rings. The van der Waals surface area contributed by atoms with Gasteiger partial charge in [-0.3, -0.25) is 4.99 Å². The molecule has 10 heteroatoms. The summed E-state index contributed by atoms with van der Waals surface area (Å²) in [7, 11) is 0. The molecule has 0 radical (unpaired) electrons. The van der Waals surface area contributed by atoms with Gasteiger partial charge in [0.2, 0.25) is 5.13 Å². The minimum atomic E-state index is -0.732. The average molecular weight is 510 g/mol. The molecule has 0 aliphatic carbocycles. The number of nitrogens with one attached hydrogen (secondary N) is 1. The molecule has 0 amide bonds. The highest BCUT2D eigenvalue weighted by atomic mass is 127. The van der Waals surface area contributed by atoms with Crippen LogP contribution in [0.3, 0.4) is 0 Å². The Kier molecular flexibility index (Phi) is 8.96. The standard InChI is InChI=1S/C17H30N6O2S.HI/c1-3-14-20-16(26-21-14)23-9-7-22(8-10-23)15(18-4-2)19-13-17(24)5-11-25-12-6-17;/h24H,3-13H2,1-2H3,(H,18,19);1H. The molecule has 2 N–H and O–H groups in total. The van der Waals surface area contributed by atoms with Crippen LogP contribution in [0, 0.1) is 0 Å². The zero-order chi connectivity index (χ0) is 18.4. The fraction of sp³-hybridized carbons (Fsp3) is 0.824. The fourth-order valence-corrected chi connectivity index (χ4v) is 3.98. The van der Waals surface area contributed by atoms with Crippen molar-refractivity contribution in [3.05, 3.63) is 5.82 Å². The van der Waals surface area contributed by atoms with E-state index in [1.807, 2.05) is 0 Å². The normalized spacial score (nSPS) is 20.3. The second-order valence-corrected chi connectivity index (χ2v) is 7.56. The van der Waals surface area contributed by atoms with Gasteiger partial charge >= 0.3 is 0 Å². The molecule has 3 rings (SSSR count). The summed E-state index contributed by atoms with van der Waals surface area (Å²) in [5.41, 5.74) is -0.732. The Morgan fingerprint density at radius 1 is 1.26 bits per heavy atom. The van der Waals surface area contributed by atoms with E-state index in [0.717, 1.165) is 56.1 Å². The Morgan fingerprint density at radius 2 is 1.96 bits per heavy atom. The van der Waals surface area contributed by atoms with Crippen LogP contribution < -0.4 is 10.2 Å². The van der Waals surface area contributed by atoms with Gasteiger partial charge < -0.3 is 25.0 Å². The zero-order valence-electron chi connectivity index (χ0n) is 16.2. The Morgan fingerprint density at radius 3 is 2.56 bits per heavy atom. The molecule has 2 aliphatic heterocycles. The molecular formula is C17H31IN6O2S. The van der Waals surface area contributed by atoms with Gasteiger partial charge in [-0.2, -0.15) is 4.37 Å². The molecule has 2 aliphatic rings. The number of aromatic nitrogens is 2. The van der Waals surface area contributed by atoms with Crippen molar-refractivity contribution in [1.29, 1.82) is 0 Å². The van der Waals surface area contributed by atoms with Gasteiger partial charge in [-0.1, -0.05) is 6.92 Å². The van der Waals surface area contributed by atoms with Gasteiger partial charge in [0.05, 0.1) is 12.1 Å². The van der Waals surface area contributed by atoms with Crippen molar-refractivity contribution in [1.82, 2.24) is 19.6 Å². The van der Waals surface area contributed by atoms with E-state index < -0.39 is 5.60 Å². The number of piperazine rings is 1. The summed E-state index contributed by atoms with van der Waals surface area (Å²) >= 11 is 1.48. The number of anilines is 1. The van der Waals surface area contributed by atoms with Crippen LogP contribution in [-0.4, -0.2) is 83.4 Å². The van der Waals surface area contributed by atoms with Crippen LogP contribution in [0.5, 0.6) is 0 Å². The van der Waals surface area contributed by atoms with Crippen molar-refractivity contribution >= 4 is 46.6 Å². The molecule has 1 aromatic heterocycles. The summed E-state index contributed by atoms with van der Waals surface area (Å²) < 4.78 is 9.73. The molecule has 0 aromatic carbocycles. The summed E-state index contributed by atoms with van der Waals surface area (Å²) in [5, 5.41) is 15.0. The van der Waals surface area contributed by atoms with Crippen LogP contribution >= 0.6 is 35.5 Å². The number of rotatable bonds is 5. The first kappa shape index (κ1) is 22.6. The molecular weight excluding hydrogens is 479 g/mol. The molecule has 0 saturated carbocycles. The smallest absolute Gasteiger partial charge is 0.205 e. The maximum atomic E-state index is 10.6. The summed E-state index contributed by atoms with van der Waals surface area (Å²) in [6.07, 6.45) is 2.18. The maximum Gasteiger partial charge on any atom is 0.205 e. The molecule has 154 valence electrons. The van der Waals surface area contributed by atoms with E-state index in [1.54, 1.807) is 0 Å². The number of aliphatic hydroxyl groups is 1. The van der Waals surface area contributed by atoms with Crippen molar-refractivity contribution < 1.29 is 9.84 Å². The lowest BCUT2D eigenvalue weighted by atomic mass is 9.95. The van der Waals surface area contributed by atoms with Crippen molar-refractivity contribution in [2.24, 2.45) is 4.99 Å². The summed E-state index contributed by atoms with van der Waals surface area (Å²) in [5.74, 6) is 1.81. The number of hydrogen-bond acceptors (Lipinski definition) is 7. The molecule has 0 unspecified atom stereocenters. The number of aryl methyl sites for hydroxylation is 1. The fourth-order valence-electron chi connectivity index (χ4n) is 3.18. The predicted molar refractivity (Wildman–Crippen MR) is 119 cm³/mol. The van der Waals surface area contributed by atoms with Gasteiger partial charge in [0.25, 0.3) is 0 Å². The van der Waals surface area contributed by atoms with E-state index in [0.29, 0.717) is 32.6 Å². The number of halogens is 1. The highest BCUT2D eigenvalue weighted by Crippen LogP contribution is 2.21. The third-order valence-corrected chi connectivity index (χ3v) is 5.72. The van der Waals surface area contributed by atoms with Crippen LogP contribution in [-0.2, 0) is 11.2 Å². The van der Waals surface area contributed by atoms with Crippen LogP contribution in [0.25, 0.3) is 0 Å². The number of ether oxygens (including phenoxy) is 1. The number of aliphatic imine (C=N–C) groups is 1. The highest BCUT2D eigenvalue weighted by molar-refractivity contribution is 14.0. The van der Waals surface area contributed by atoms with E-state index in [-0.39, 0.29) is 24.0 Å². The van der Waals surface area contributed by atoms with Crippen LogP contribution in [0.4, 0.5) is 5.13 Å². The molecule has 2 fully saturated rings. The van der Waals surface area contributed by atoms with Crippen molar-refractivity contribution in [2.45, 2.75) is 38.7 Å². The summed E-state index contributed by atoms with van der Waals surface area (Å²) in [4.78, 5) is 13.9. The van der Waals surface area contributed by atoms with Crippen molar-refractivity contribution in [3.63, 3.8) is 0 Å². The molecule has 0 bridgehead atoms. The first-order valence-corrected chi connectivity index (χ1v) is 10.3. The summed E-state index contributed by atoms with van der Waals surface area (Å²) in [6, 6.07) is 0. The van der Waals surface area contributed by atoms with Gasteiger partial charge in [-0.25, -0.2) is 4.98 Å². The van der Waals surface area contributed by atoms with E-state index in [4.69, 9.17) is 9.73 Å². The Labute approximate surface area is 182 Å². The number of guanidine groups is 1. The van der Waals surface area contributed by atoms with Gasteiger partial charge in [-0.05, 0) is 6.92 Å². The van der Waals surface area contributed by atoms with Crippen LogP contribution in [0.15, 0.2) is 4.99 Å². The molecule has 2 saturated heterocycles. The lowest BCUT2D eigenvalue weighted by molar-refractivity contribution is -0.0566. The molecule has 0 spiro atoms. The minimum Gasteiger partial charge on any atom is -0.388 e. The van der Waals surface area contributed by atoms with Gasteiger partial charge in [0.15, 0.2) is 5.96 Å². The first-order chi connectivity index (χ1) is 12.6.